The van der Waals surface area contributed by atoms with E-state index in [4.69, 9.17) is 23.6 Å². The lowest BCUT2D eigenvalue weighted by Crippen LogP contribution is -2.34. The van der Waals surface area contributed by atoms with Gasteiger partial charge in [-0.05, 0) is 60.4 Å². The fraction of sp³-hybridized carbons (Fsp3) is 0.259. The lowest BCUT2D eigenvalue weighted by molar-refractivity contribution is 0.198. The molecule has 8 nitrogen and oxygen atoms in total. The molecule has 1 N–H and O–H groups in total. The van der Waals surface area contributed by atoms with Gasteiger partial charge in [-0.2, -0.15) is 0 Å². The van der Waals surface area contributed by atoms with E-state index in [-0.39, 0.29) is 12.1 Å². The molecule has 3 aromatic carbocycles. The predicted molar refractivity (Wildman–Crippen MR) is 133 cm³/mol. The topological polar surface area (TPSA) is 86.1 Å². The van der Waals surface area contributed by atoms with Gasteiger partial charge in [-0.1, -0.05) is 18.2 Å². The monoisotopic (exact) mass is 473 g/mol. The van der Waals surface area contributed by atoms with Crippen molar-refractivity contribution < 1.29 is 23.4 Å². The maximum absolute atomic E-state index is 13.2. The number of rotatable bonds is 6. The highest BCUT2D eigenvalue weighted by atomic mass is 16.5. The van der Waals surface area contributed by atoms with Crippen molar-refractivity contribution in [3.05, 3.63) is 66.6 Å². The van der Waals surface area contributed by atoms with Crippen LogP contribution in [0.15, 0.2) is 65.1 Å². The Bertz CT molecular complexity index is 1350. The standard InChI is InChI=1S/C27H27N3O5/c1-32-19-9-6-17(7-10-19)18-8-13-24-22(15-18)28-26(35-24)23-5-4-14-30(23)27(31)29-21-12-11-20(33-2)16-25(21)34-3/h6-13,15-16,23H,4-5,14H2,1-3H3,(H,29,31)/t23-/m1/s1. The SMILES string of the molecule is COc1ccc(-c2ccc3oc([C@H]4CCCN4C(=O)Nc4ccc(OC)cc4OC)nc3c2)cc1. The van der Waals surface area contributed by atoms with Crippen molar-refractivity contribution in [3.63, 3.8) is 0 Å². The molecule has 8 heteroatoms. The molecule has 0 saturated carbocycles. The zero-order chi connectivity index (χ0) is 24.4. The average Bonchev–Trinajstić information content (AvgIpc) is 3.55. The van der Waals surface area contributed by atoms with Gasteiger partial charge in [0.2, 0.25) is 5.89 Å². The number of carbonyl (C=O) groups excluding carboxylic acids is 1. The summed E-state index contributed by atoms with van der Waals surface area (Å²) in [6.45, 7) is 0.616. The third-order valence-corrected chi connectivity index (χ3v) is 6.28. The van der Waals surface area contributed by atoms with Crippen molar-refractivity contribution in [2.45, 2.75) is 18.9 Å². The summed E-state index contributed by atoms with van der Waals surface area (Å²) in [7, 11) is 4.79. The van der Waals surface area contributed by atoms with Gasteiger partial charge in [-0.25, -0.2) is 9.78 Å². The maximum atomic E-state index is 13.2. The Kier molecular flexibility index (Phi) is 6.18. The Morgan fingerprint density at radius 2 is 1.69 bits per heavy atom. The van der Waals surface area contributed by atoms with Gasteiger partial charge < -0.3 is 28.8 Å². The largest absolute Gasteiger partial charge is 0.497 e. The number of aromatic nitrogens is 1. The van der Waals surface area contributed by atoms with Gasteiger partial charge in [0.05, 0.1) is 27.0 Å². The fourth-order valence-electron chi connectivity index (χ4n) is 4.41. The van der Waals surface area contributed by atoms with Crippen LogP contribution in [-0.4, -0.2) is 43.8 Å². The fourth-order valence-corrected chi connectivity index (χ4v) is 4.41. The number of carbonyl (C=O) groups is 1. The number of hydrogen-bond acceptors (Lipinski definition) is 6. The summed E-state index contributed by atoms with van der Waals surface area (Å²) in [5, 5.41) is 2.95. The van der Waals surface area contributed by atoms with E-state index in [0.717, 1.165) is 35.2 Å². The van der Waals surface area contributed by atoms with E-state index in [2.05, 4.69) is 5.32 Å². The second-order valence-corrected chi connectivity index (χ2v) is 8.31. The number of methoxy groups -OCH3 is 3. The summed E-state index contributed by atoms with van der Waals surface area (Å²) < 4.78 is 22.0. The maximum Gasteiger partial charge on any atom is 0.322 e. The number of ether oxygens (including phenoxy) is 3. The third-order valence-electron chi connectivity index (χ3n) is 6.28. The van der Waals surface area contributed by atoms with Crippen LogP contribution in [0.5, 0.6) is 17.2 Å². The van der Waals surface area contributed by atoms with E-state index >= 15 is 0 Å². The summed E-state index contributed by atoms with van der Waals surface area (Å²) >= 11 is 0. The minimum absolute atomic E-state index is 0.225. The van der Waals surface area contributed by atoms with Crippen LogP contribution in [0.25, 0.3) is 22.2 Å². The number of nitrogens with one attached hydrogen (secondary N) is 1. The molecular weight excluding hydrogens is 446 g/mol. The molecule has 0 bridgehead atoms. The van der Waals surface area contributed by atoms with Crippen LogP contribution in [0.2, 0.25) is 0 Å². The van der Waals surface area contributed by atoms with Crippen LogP contribution < -0.4 is 19.5 Å². The molecule has 2 amide bonds. The van der Waals surface area contributed by atoms with Crippen molar-refractivity contribution in [2.24, 2.45) is 0 Å². The van der Waals surface area contributed by atoms with Crippen molar-refractivity contribution >= 4 is 22.8 Å². The van der Waals surface area contributed by atoms with Crippen LogP contribution in [0.4, 0.5) is 10.5 Å². The molecule has 35 heavy (non-hydrogen) atoms. The Labute approximate surface area is 203 Å². The number of hydrogen-bond donors (Lipinski definition) is 1. The molecule has 0 radical (unpaired) electrons. The molecule has 1 aliphatic rings. The van der Waals surface area contributed by atoms with Crippen molar-refractivity contribution in [1.29, 1.82) is 0 Å². The first-order valence-electron chi connectivity index (χ1n) is 11.4. The summed E-state index contributed by atoms with van der Waals surface area (Å²) in [5.41, 5.74) is 4.13. The molecular formula is C27H27N3O5. The second-order valence-electron chi connectivity index (χ2n) is 8.31. The lowest BCUT2D eigenvalue weighted by atomic mass is 10.1. The molecule has 1 fully saturated rings. The van der Waals surface area contributed by atoms with Crippen molar-refractivity contribution in [2.75, 3.05) is 33.2 Å². The zero-order valence-electron chi connectivity index (χ0n) is 19.9. The first-order valence-corrected chi connectivity index (χ1v) is 11.4. The second kappa shape index (κ2) is 9.58. The normalized spacial score (nSPS) is 15.3. The lowest BCUT2D eigenvalue weighted by Gasteiger charge is -2.23. The van der Waals surface area contributed by atoms with Crippen LogP contribution in [-0.2, 0) is 0 Å². The highest BCUT2D eigenvalue weighted by Crippen LogP contribution is 2.36. The number of oxazole rings is 1. The summed E-state index contributed by atoms with van der Waals surface area (Å²) in [4.78, 5) is 19.7. The van der Waals surface area contributed by atoms with Crippen LogP contribution in [0.1, 0.15) is 24.8 Å². The number of fused-ring (bicyclic) bond motifs is 1. The highest BCUT2D eigenvalue weighted by Gasteiger charge is 2.34. The smallest absolute Gasteiger partial charge is 0.322 e. The van der Waals surface area contributed by atoms with Gasteiger partial charge in [-0.15, -0.1) is 0 Å². The summed E-state index contributed by atoms with van der Waals surface area (Å²) in [6, 6.07) is 18.6. The number of likely N-dealkylation sites (tertiary alicyclic amines) is 1. The highest BCUT2D eigenvalue weighted by molar-refractivity contribution is 5.91. The average molecular weight is 474 g/mol. The molecule has 0 aliphatic carbocycles. The van der Waals surface area contributed by atoms with Crippen LogP contribution in [0, 0.1) is 0 Å². The molecule has 0 spiro atoms. The van der Waals surface area contributed by atoms with E-state index < -0.39 is 0 Å². The third kappa shape index (κ3) is 4.47. The number of nitrogens with zero attached hydrogens (tertiary/aromatic N) is 2. The summed E-state index contributed by atoms with van der Waals surface area (Å²) in [5.74, 6) is 2.53. The first-order chi connectivity index (χ1) is 17.1. The van der Waals surface area contributed by atoms with Gasteiger partial charge in [0.15, 0.2) is 5.58 Å². The Morgan fingerprint density at radius 1 is 0.943 bits per heavy atom. The Hall–Kier alpha value is -4.20. The molecule has 180 valence electrons. The number of benzene rings is 3. The molecule has 1 aromatic heterocycles. The van der Waals surface area contributed by atoms with Crippen molar-refractivity contribution in [1.82, 2.24) is 9.88 Å². The van der Waals surface area contributed by atoms with Gasteiger partial charge in [-0.3, -0.25) is 0 Å². The molecule has 1 saturated heterocycles. The molecule has 4 aromatic rings. The first kappa shape index (κ1) is 22.6. The minimum atomic E-state index is -0.240. The molecule has 0 unspecified atom stereocenters. The van der Waals surface area contributed by atoms with E-state index in [1.807, 2.05) is 42.5 Å². The van der Waals surface area contributed by atoms with E-state index in [1.165, 1.54) is 0 Å². The van der Waals surface area contributed by atoms with Crippen LogP contribution >= 0.6 is 0 Å². The zero-order valence-corrected chi connectivity index (χ0v) is 19.9. The van der Waals surface area contributed by atoms with Crippen molar-refractivity contribution in [3.8, 4) is 28.4 Å². The molecule has 5 rings (SSSR count). The van der Waals surface area contributed by atoms with E-state index in [9.17, 15) is 4.79 Å². The van der Waals surface area contributed by atoms with Gasteiger partial charge in [0, 0.05) is 12.6 Å². The van der Waals surface area contributed by atoms with Crippen LogP contribution in [0.3, 0.4) is 0 Å². The molecule has 1 aliphatic heterocycles. The van der Waals surface area contributed by atoms with E-state index in [1.54, 1.807) is 44.4 Å². The van der Waals surface area contributed by atoms with Gasteiger partial charge in [0.25, 0.3) is 0 Å². The quantitative estimate of drug-likeness (QED) is 0.376. The van der Waals surface area contributed by atoms with Gasteiger partial charge >= 0.3 is 6.03 Å². The predicted octanol–water partition coefficient (Wildman–Crippen LogP) is 5.89. The van der Waals surface area contributed by atoms with E-state index in [0.29, 0.717) is 35.2 Å². The molecule has 1 atom stereocenters. The van der Waals surface area contributed by atoms with Gasteiger partial charge in [0.1, 0.15) is 28.8 Å². The Balaban J connectivity index is 1.37. The molecule has 2 heterocycles. The number of urea groups is 1. The number of amides is 2. The number of anilines is 1. The summed E-state index contributed by atoms with van der Waals surface area (Å²) in [6.07, 6.45) is 1.65. The Morgan fingerprint density at radius 3 is 2.43 bits per heavy atom. The minimum Gasteiger partial charge on any atom is -0.497 e.